The molecule has 2 unspecified atom stereocenters. The van der Waals surface area contributed by atoms with Crippen molar-refractivity contribution in [3.05, 3.63) is 29.8 Å². The number of ether oxygens (including phenoxy) is 1. The topological polar surface area (TPSA) is 61.3 Å². The molecule has 4 N–H and O–H groups in total. The summed E-state index contributed by atoms with van der Waals surface area (Å²) in [6.07, 6.45) is 0. The Morgan fingerprint density at radius 3 is 2.21 bits per heavy atom. The second-order valence-electron chi connectivity index (χ2n) is 3.39. The maximum Gasteiger partial charge on any atom is 0.119 e. The highest BCUT2D eigenvalue weighted by molar-refractivity contribution is 5.29. The molecule has 14 heavy (non-hydrogen) atoms. The summed E-state index contributed by atoms with van der Waals surface area (Å²) < 4.78 is 5.33. The molecule has 0 aliphatic heterocycles. The summed E-state index contributed by atoms with van der Waals surface area (Å²) in [5.41, 5.74) is 12.6. The summed E-state index contributed by atoms with van der Waals surface area (Å²) in [5.74, 6) is 0.869. The van der Waals surface area contributed by atoms with Crippen molar-refractivity contribution in [1.29, 1.82) is 0 Å². The fourth-order valence-electron chi connectivity index (χ4n) is 1.26. The van der Waals surface area contributed by atoms with Crippen molar-refractivity contribution < 1.29 is 4.74 Å². The normalized spacial score (nSPS) is 14.9. The molecule has 0 aromatic heterocycles. The summed E-state index contributed by atoms with van der Waals surface area (Å²) in [6, 6.07) is 7.61. The molecule has 0 amide bonds. The molecule has 78 valence electrons. The van der Waals surface area contributed by atoms with Crippen LogP contribution in [0.1, 0.15) is 25.5 Å². The van der Waals surface area contributed by atoms with Gasteiger partial charge in [-0.2, -0.15) is 0 Å². The average molecular weight is 194 g/mol. The molecule has 1 aromatic carbocycles. The third kappa shape index (κ3) is 2.72. The number of hydrogen-bond donors (Lipinski definition) is 2. The van der Waals surface area contributed by atoms with Gasteiger partial charge in [-0.1, -0.05) is 12.1 Å². The predicted octanol–water partition coefficient (Wildman–Crippen LogP) is 1.43. The Morgan fingerprint density at radius 1 is 1.21 bits per heavy atom. The third-order valence-corrected chi connectivity index (χ3v) is 2.14. The fourth-order valence-corrected chi connectivity index (χ4v) is 1.26. The molecule has 0 saturated carbocycles. The fraction of sp³-hybridized carbons (Fsp3) is 0.455. The summed E-state index contributed by atoms with van der Waals surface area (Å²) in [6.45, 7) is 4.54. The minimum Gasteiger partial charge on any atom is -0.494 e. The van der Waals surface area contributed by atoms with Gasteiger partial charge in [0.05, 0.1) is 6.61 Å². The lowest BCUT2D eigenvalue weighted by atomic mass is 10.0. The molecule has 0 spiro atoms. The summed E-state index contributed by atoms with van der Waals surface area (Å²) in [4.78, 5) is 0. The molecule has 0 bridgehead atoms. The van der Waals surface area contributed by atoms with Gasteiger partial charge in [0, 0.05) is 12.1 Å². The monoisotopic (exact) mass is 194 g/mol. The molecular weight excluding hydrogens is 176 g/mol. The Morgan fingerprint density at radius 2 is 1.79 bits per heavy atom. The van der Waals surface area contributed by atoms with Gasteiger partial charge in [0.15, 0.2) is 0 Å². The van der Waals surface area contributed by atoms with Crippen molar-refractivity contribution in [2.75, 3.05) is 6.61 Å². The van der Waals surface area contributed by atoms with Crippen LogP contribution in [0.2, 0.25) is 0 Å². The predicted molar refractivity (Wildman–Crippen MR) is 58.2 cm³/mol. The van der Waals surface area contributed by atoms with Crippen molar-refractivity contribution in [2.45, 2.75) is 25.9 Å². The number of nitrogens with two attached hydrogens (primary N) is 2. The van der Waals surface area contributed by atoms with Crippen molar-refractivity contribution >= 4 is 0 Å². The molecule has 1 rings (SSSR count). The highest BCUT2D eigenvalue weighted by atomic mass is 16.5. The lowest BCUT2D eigenvalue weighted by Gasteiger charge is -2.16. The van der Waals surface area contributed by atoms with E-state index >= 15 is 0 Å². The van der Waals surface area contributed by atoms with Crippen LogP contribution in [0.15, 0.2) is 24.3 Å². The zero-order valence-electron chi connectivity index (χ0n) is 8.73. The zero-order valence-corrected chi connectivity index (χ0v) is 8.73. The van der Waals surface area contributed by atoms with Gasteiger partial charge < -0.3 is 16.2 Å². The first-order chi connectivity index (χ1) is 6.65. The van der Waals surface area contributed by atoms with Gasteiger partial charge in [-0.05, 0) is 31.5 Å². The lowest BCUT2D eigenvalue weighted by Crippen LogP contribution is -2.30. The van der Waals surface area contributed by atoms with Gasteiger partial charge in [0.25, 0.3) is 0 Å². The Labute approximate surface area is 85.0 Å². The zero-order chi connectivity index (χ0) is 10.6. The Balaban J connectivity index is 2.72. The Hall–Kier alpha value is -1.06. The van der Waals surface area contributed by atoms with Crippen LogP contribution in [0.4, 0.5) is 0 Å². The van der Waals surface area contributed by atoms with Crippen molar-refractivity contribution in [3.8, 4) is 5.75 Å². The third-order valence-electron chi connectivity index (χ3n) is 2.14. The highest BCUT2D eigenvalue weighted by Crippen LogP contribution is 2.17. The first-order valence-electron chi connectivity index (χ1n) is 4.89. The van der Waals surface area contributed by atoms with E-state index in [1.54, 1.807) is 0 Å². The van der Waals surface area contributed by atoms with E-state index in [9.17, 15) is 0 Å². The van der Waals surface area contributed by atoms with E-state index in [2.05, 4.69) is 0 Å². The van der Waals surface area contributed by atoms with E-state index in [0.29, 0.717) is 6.61 Å². The maximum absolute atomic E-state index is 5.90. The smallest absolute Gasteiger partial charge is 0.119 e. The number of rotatable bonds is 4. The van der Waals surface area contributed by atoms with E-state index in [-0.39, 0.29) is 12.1 Å². The van der Waals surface area contributed by atoms with E-state index in [0.717, 1.165) is 11.3 Å². The van der Waals surface area contributed by atoms with Crippen molar-refractivity contribution in [2.24, 2.45) is 11.5 Å². The van der Waals surface area contributed by atoms with Gasteiger partial charge >= 0.3 is 0 Å². The highest BCUT2D eigenvalue weighted by Gasteiger charge is 2.09. The first-order valence-corrected chi connectivity index (χ1v) is 4.89. The van der Waals surface area contributed by atoms with E-state index < -0.39 is 0 Å². The molecule has 0 heterocycles. The molecule has 0 saturated heterocycles. The molecule has 0 aliphatic carbocycles. The minimum absolute atomic E-state index is 0.0343. The van der Waals surface area contributed by atoms with Crippen LogP contribution in [0, 0.1) is 0 Å². The number of hydrogen-bond acceptors (Lipinski definition) is 3. The Kier molecular flexibility index (Phi) is 3.92. The quantitative estimate of drug-likeness (QED) is 0.762. The van der Waals surface area contributed by atoms with Crippen molar-refractivity contribution in [1.82, 2.24) is 0 Å². The second kappa shape index (κ2) is 4.98. The molecule has 3 nitrogen and oxygen atoms in total. The summed E-state index contributed by atoms with van der Waals surface area (Å²) >= 11 is 0. The van der Waals surface area contributed by atoms with Gasteiger partial charge in [-0.3, -0.25) is 0 Å². The van der Waals surface area contributed by atoms with Crippen LogP contribution >= 0.6 is 0 Å². The van der Waals surface area contributed by atoms with Gasteiger partial charge in [0.1, 0.15) is 5.75 Å². The molecule has 0 fully saturated rings. The van der Waals surface area contributed by atoms with Crippen LogP contribution < -0.4 is 16.2 Å². The van der Waals surface area contributed by atoms with Crippen LogP contribution in [0.25, 0.3) is 0 Å². The van der Waals surface area contributed by atoms with E-state index in [4.69, 9.17) is 16.2 Å². The van der Waals surface area contributed by atoms with Crippen LogP contribution in [0.3, 0.4) is 0 Å². The molecule has 0 radical (unpaired) electrons. The molecule has 3 heteroatoms. The molecular formula is C11H18N2O. The maximum atomic E-state index is 5.90. The molecule has 0 aliphatic rings. The van der Waals surface area contributed by atoms with Crippen LogP contribution in [-0.4, -0.2) is 12.6 Å². The Bertz CT molecular complexity index is 269. The number of benzene rings is 1. The summed E-state index contributed by atoms with van der Waals surface area (Å²) in [7, 11) is 0. The van der Waals surface area contributed by atoms with E-state index in [1.165, 1.54) is 0 Å². The van der Waals surface area contributed by atoms with Crippen molar-refractivity contribution in [3.63, 3.8) is 0 Å². The van der Waals surface area contributed by atoms with Gasteiger partial charge in [-0.25, -0.2) is 0 Å². The minimum atomic E-state index is -0.106. The van der Waals surface area contributed by atoms with Crippen LogP contribution in [-0.2, 0) is 0 Å². The lowest BCUT2D eigenvalue weighted by molar-refractivity contribution is 0.340. The molecule has 2 atom stereocenters. The first kappa shape index (κ1) is 11.0. The van der Waals surface area contributed by atoms with E-state index in [1.807, 2.05) is 38.1 Å². The average Bonchev–Trinajstić information content (AvgIpc) is 2.18. The largest absolute Gasteiger partial charge is 0.494 e. The summed E-state index contributed by atoms with van der Waals surface area (Å²) in [5, 5.41) is 0. The molecule has 1 aromatic rings. The van der Waals surface area contributed by atoms with Gasteiger partial charge in [0.2, 0.25) is 0 Å². The SMILES string of the molecule is CCOc1ccc(C(N)C(C)N)cc1. The second-order valence-corrected chi connectivity index (χ2v) is 3.39. The van der Waals surface area contributed by atoms with Gasteiger partial charge in [-0.15, -0.1) is 0 Å². The standard InChI is InChI=1S/C11H18N2O/c1-3-14-10-6-4-9(5-7-10)11(13)8(2)12/h4-8,11H,3,12-13H2,1-2H3. The van der Waals surface area contributed by atoms with Crippen LogP contribution in [0.5, 0.6) is 5.75 Å².